The molecule has 0 N–H and O–H groups in total. The highest BCUT2D eigenvalue weighted by Crippen LogP contribution is 2.13. The highest BCUT2D eigenvalue weighted by Gasteiger charge is 1.97. The molecule has 0 amide bonds. The van der Waals surface area contributed by atoms with Crippen LogP contribution in [0.4, 0.5) is 0 Å². The van der Waals surface area contributed by atoms with Gasteiger partial charge >= 0.3 is 0 Å². The van der Waals surface area contributed by atoms with E-state index in [9.17, 15) is 4.79 Å². The fourth-order valence-electron chi connectivity index (χ4n) is 1.39. The second kappa shape index (κ2) is 6.46. The molecule has 82 valence electrons. The van der Waals surface area contributed by atoms with E-state index in [4.69, 9.17) is 16.3 Å². The van der Waals surface area contributed by atoms with Crippen LogP contribution in [0.25, 0.3) is 0 Å². The van der Waals surface area contributed by atoms with Gasteiger partial charge in [-0.3, -0.25) is 4.79 Å². The minimum atomic E-state index is -0.246. The molecule has 0 radical (unpaired) electrons. The van der Waals surface area contributed by atoms with Crippen molar-refractivity contribution in [1.82, 2.24) is 0 Å². The predicted octanol–water partition coefficient (Wildman–Crippen LogP) is 3.17. The van der Waals surface area contributed by atoms with Crippen LogP contribution in [0, 0.1) is 0 Å². The molecular formula is C12H15ClO2. The maximum Gasteiger partial charge on any atom is 0.221 e. The molecule has 3 heteroatoms. The van der Waals surface area contributed by atoms with Gasteiger partial charge in [-0.15, -0.1) is 0 Å². The summed E-state index contributed by atoms with van der Waals surface area (Å²) in [7, 11) is 1.65. The lowest BCUT2D eigenvalue weighted by molar-refractivity contribution is -0.111. The molecule has 0 atom stereocenters. The zero-order chi connectivity index (χ0) is 11.1. The Kier molecular flexibility index (Phi) is 5.19. The van der Waals surface area contributed by atoms with E-state index in [0.717, 1.165) is 25.0 Å². The largest absolute Gasteiger partial charge is 0.497 e. The van der Waals surface area contributed by atoms with Crippen LogP contribution in [0.15, 0.2) is 24.3 Å². The molecule has 0 heterocycles. The van der Waals surface area contributed by atoms with Crippen molar-refractivity contribution in [3.63, 3.8) is 0 Å². The number of hydrogen-bond donors (Lipinski definition) is 0. The normalized spacial score (nSPS) is 10.0. The van der Waals surface area contributed by atoms with Crippen LogP contribution in [-0.4, -0.2) is 12.4 Å². The van der Waals surface area contributed by atoms with E-state index < -0.39 is 0 Å². The molecule has 0 spiro atoms. The molecule has 0 unspecified atom stereocenters. The Hall–Kier alpha value is -1.02. The third-order valence-corrected chi connectivity index (χ3v) is 2.44. The number of methoxy groups -OCH3 is 1. The SMILES string of the molecule is COc1ccc(CCCCC(=O)Cl)cc1. The fraction of sp³-hybridized carbons (Fsp3) is 0.417. The van der Waals surface area contributed by atoms with Gasteiger partial charge in [-0.2, -0.15) is 0 Å². The maximum absolute atomic E-state index is 10.5. The molecule has 15 heavy (non-hydrogen) atoms. The summed E-state index contributed by atoms with van der Waals surface area (Å²) >= 11 is 5.24. The van der Waals surface area contributed by atoms with Crippen molar-refractivity contribution in [2.45, 2.75) is 25.7 Å². The van der Waals surface area contributed by atoms with Gasteiger partial charge in [-0.05, 0) is 48.6 Å². The standard InChI is InChI=1S/C12H15ClO2/c1-15-11-8-6-10(7-9-11)4-2-3-5-12(13)14/h6-9H,2-5H2,1H3. The van der Waals surface area contributed by atoms with Crippen molar-refractivity contribution >= 4 is 16.8 Å². The van der Waals surface area contributed by atoms with Gasteiger partial charge in [-0.1, -0.05) is 12.1 Å². The van der Waals surface area contributed by atoms with Crippen LogP contribution in [0.3, 0.4) is 0 Å². The summed E-state index contributed by atoms with van der Waals surface area (Å²) in [6, 6.07) is 7.98. The molecule has 0 saturated heterocycles. The van der Waals surface area contributed by atoms with Gasteiger partial charge in [0.05, 0.1) is 7.11 Å². The number of hydrogen-bond acceptors (Lipinski definition) is 2. The second-order valence-corrected chi connectivity index (χ2v) is 3.83. The third kappa shape index (κ3) is 4.84. The lowest BCUT2D eigenvalue weighted by Gasteiger charge is -2.02. The minimum Gasteiger partial charge on any atom is -0.497 e. The van der Waals surface area contributed by atoms with Crippen LogP contribution >= 0.6 is 11.6 Å². The molecule has 1 rings (SSSR count). The van der Waals surface area contributed by atoms with Gasteiger partial charge < -0.3 is 4.74 Å². The van der Waals surface area contributed by atoms with E-state index in [0.29, 0.717) is 6.42 Å². The van der Waals surface area contributed by atoms with E-state index in [1.54, 1.807) is 7.11 Å². The summed E-state index contributed by atoms with van der Waals surface area (Å²) < 4.78 is 5.06. The Morgan fingerprint density at radius 3 is 2.47 bits per heavy atom. The zero-order valence-electron chi connectivity index (χ0n) is 8.83. The van der Waals surface area contributed by atoms with Crippen LogP contribution in [0.1, 0.15) is 24.8 Å². The average Bonchev–Trinajstić information content (AvgIpc) is 2.25. The number of aryl methyl sites for hydroxylation is 1. The average molecular weight is 227 g/mol. The van der Waals surface area contributed by atoms with E-state index in [1.165, 1.54) is 5.56 Å². The van der Waals surface area contributed by atoms with E-state index in [-0.39, 0.29) is 5.24 Å². The lowest BCUT2D eigenvalue weighted by atomic mass is 10.1. The first-order valence-corrected chi connectivity index (χ1v) is 5.41. The topological polar surface area (TPSA) is 26.3 Å². The Morgan fingerprint density at radius 1 is 1.27 bits per heavy atom. The third-order valence-electron chi connectivity index (χ3n) is 2.25. The zero-order valence-corrected chi connectivity index (χ0v) is 9.59. The lowest BCUT2D eigenvalue weighted by Crippen LogP contribution is -1.90. The Bertz CT molecular complexity index is 306. The minimum absolute atomic E-state index is 0.246. The van der Waals surface area contributed by atoms with Gasteiger partial charge in [0.1, 0.15) is 5.75 Å². The number of ether oxygens (including phenoxy) is 1. The second-order valence-electron chi connectivity index (χ2n) is 3.41. The highest BCUT2D eigenvalue weighted by molar-refractivity contribution is 6.63. The van der Waals surface area contributed by atoms with Crippen molar-refractivity contribution in [2.75, 3.05) is 7.11 Å². The smallest absolute Gasteiger partial charge is 0.221 e. The Labute approximate surface area is 95.2 Å². The first-order valence-electron chi connectivity index (χ1n) is 5.03. The number of carbonyl (C=O) groups is 1. The first-order chi connectivity index (χ1) is 7.22. The van der Waals surface area contributed by atoms with Gasteiger partial charge in [0.25, 0.3) is 0 Å². The van der Waals surface area contributed by atoms with Crippen molar-refractivity contribution < 1.29 is 9.53 Å². The molecule has 0 aromatic heterocycles. The summed E-state index contributed by atoms with van der Waals surface area (Å²) in [5, 5.41) is -0.246. The molecular weight excluding hydrogens is 212 g/mol. The predicted molar refractivity (Wildman–Crippen MR) is 61.4 cm³/mol. The summed E-state index contributed by atoms with van der Waals surface area (Å²) in [6.45, 7) is 0. The van der Waals surface area contributed by atoms with E-state index >= 15 is 0 Å². The maximum atomic E-state index is 10.5. The Morgan fingerprint density at radius 2 is 1.93 bits per heavy atom. The van der Waals surface area contributed by atoms with Crippen molar-refractivity contribution in [2.24, 2.45) is 0 Å². The van der Waals surface area contributed by atoms with Gasteiger partial charge in [0.2, 0.25) is 5.24 Å². The van der Waals surface area contributed by atoms with E-state index in [2.05, 4.69) is 0 Å². The van der Waals surface area contributed by atoms with Crippen LogP contribution in [-0.2, 0) is 11.2 Å². The molecule has 1 aromatic rings. The quantitative estimate of drug-likeness (QED) is 0.550. The monoisotopic (exact) mass is 226 g/mol. The summed E-state index contributed by atoms with van der Waals surface area (Å²) in [5.41, 5.74) is 1.26. The van der Waals surface area contributed by atoms with Crippen molar-refractivity contribution in [1.29, 1.82) is 0 Å². The van der Waals surface area contributed by atoms with Gasteiger partial charge in [-0.25, -0.2) is 0 Å². The first kappa shape index (κ1) is 12.1. The number of benzene rings is 1. The number of unbranched alkanes of at least 4 members (excludes halogenated alkanes) is 1. The van der Waals surface area contributed by atoms with E-state index in [1.807, 2.05) is 24.3 Å². The number of carbonyl (C=O) groups excluding carboxylic acids is 1. The number of halogens is 1. The van der Waals surface area contributed by atoms with Crippen LogP contribution in [0.5, 0.6) is 5.75 Å². The Balaban J connectivity index is 2.28. The van der Waals surface area contributed by atoms with Gasteiger partial charge in [0, 0.05) is 6.42 Å². The molecule has 0 aliphatic heterocycles. The number of rotatable bonds is 6. The van der Waals surface area contributed by atoms with Crippen LogP contribution in [0.2, 0.25) is 0 Å². The summed E-state index contributed by atoms with van der Waals surface area (Å²) in [4.78, 5) is 10.5. The van der Waals surface area contributed by atoms with Crippen molar-refractivity contribution in [3.8, 4) is 5.75 Å². The molecule has 1 aromatic carbocycles. The summed E-state index contributed by atoms with van der Waals surface area (Å²) in [5.74, 6) is 0.870. The molecule has 0 aliphatic rings. The molecule has 0 fully saturated rings. The summed E-state index contributed by atoms with van der Waals surface area (Å²) in [6.07, 6.45) is 3.30. The molecule has 0 saturated carbocycles. The highest BCUT2D eigenvalue weighted by atomic mass is 35.5. The molecule has 0 aliphatic carbocycles. The van der Waals surface area contributed by atoms with Crippen LogP contribution < -0.4 is 4.74 Å². The molecule has 2 nitrogen and oxygen atoms in total. The fourth-order valence-corrected chi connectivity index (χ4v) is 1.52. The molecule has 0 bridgehead atoms. The van der Waals surface area contributed by atoms with Gasteiger partial charge in [0.15, 0.2) is 0 Å². The van der Waals surface area contributed by atoms with Crippen molar-refractivity contribution in [3.05, 3.63) is 29.8 Å².